The number of aromatic nitrogens is 5. The number of nitrogens with one attached hydrogen (secondary N) is 1. The van der Waals surface area contributed by atoms with Gasteiger partial charge in [0.15, 0.2) is 11.5 Å². The molecule has 8 heteroatoms. The van der Waals surface area contributed by atoms with E-state index >= 15 is 0 Å². The Hall–Kier alpha value is -2.51. The van der Waals surface area contributed by atoms with E-state index in [0.717, 1.165) is 0 Å². The molecule has 3 rings (SSSR count). The summed E-state index contributed by atoms with van der Waals surface area (Å²) in [7, 11) is 0. The predicted molar refractivity (Wildman–Crippen MR) is 59.4 cm³/mol. The van der Waals surface area contributed by atoms with E-state index in [0.29, 0.717) is 30.4 Å². The maximum Gasteiger partial charge on any atom is 0.243 e. The summed E-state index contributed by atoms with van der Waals surface area (Å²) in [5.74, 6) is 0.687. The van der Waals surface area contributed by atoms with E-state index in [1.165, 1.54) is 23.2 Å². The third-order valence-corrected chi connectivity index (χ3v) is 2.33. The molecule has 0 aromatic carbocycles. The molecule has 3 aromatic heterocycles. The quantitative estimate of drug-likeness (QED) is 0.739. The molecule has 1 N–H and O–H groups in total. The first-order chi connectivity index (χ1) is 8.81. The molecule has 3 heterocycles. The third-order valence-electron chi connectivity index (χ3n) is 2.33. The van der Waals surface area contributed by atoms with Crippen LogP contribution in [0.4, 0.5) is 10.3 Å². The topological polar surface area (TPSA) is 81.1 Å². The molecule has 7 nitrogen and oxygen atoms in total. The van der Waals surface area contributed by atoms with Gasteiger partial charge in [-0.25, -0.2) is 8.91 Å². The highest BCUT2D eigenvalue weighted by molar-refractivity contribution is 5.42. The molecule has 0 aliphatic rings. The second kappa shape index (κ2) is 4.40. The minimum atomic E-state index is -0.356. The highest BCUT2D eigenvalue weighted by atomic mass is 19.1. The van der Waals surface area contributed by atoms with Gasteiger partial charge < -0.3 is 9.84 Å². The van der Waals surface area contributed by atoms with Crippen LogP contribution in [0.5, 0.6) is 0 Å². The summed E-state index contributed by atoms with van der Waals surface area (Å²) in [5, 5.41) is 10.8. The van der Waals surface area contributed by atoms with E-state index < -0.39 is 0 Å². The first-order valence-corrected chi connectivity index (χ1v) is 5.32. The van der Waals surface area contributed by atoms with E-state index in [1.54, 1.807) is 6.07 Å². The van der Waals surface area contributed by atoms with Crippen LogP contribution in [0.25, 0.3) is 5.65 Å². The van der Waals surface area contributed by atoms with Gasteiger partial charge in [-0.2, -0.15) is 9.97 Å². The zero-order valence-corrected chi connectivity index (χ0v) is 9.25. The van der Waals surface area contributed by atoms with Crippen molar-refractivity contribution < 1.29 is 8.91 Å². The van der Waals surface area contributed by atoms with Gasteiger partial charge in [-0.15, -0.1) is 5.10 Å². The fourth-order valence-corrected chi connectivity index (χ4v) is 1.52. The molecule has 0 atom stereocenters. The lowest BCUT2D eigenvalue weighted by atomic mass is 10.4. The molecule has 0 saturated heterocycles. The van der Waals surface area contributed by atoms with Crippen LogP contribution in [0.1, 0.15) is 5.82 Å². The van der Waals surface area contributed by atoms with Crippen molar-refractivity contribution in [1.82, 2.24) is 24.7 Å². The van der Waals surface area contributed by atoms with Crippen molar-refractivity contribution in [2.24, 2.45) is 0 Å². The molecular weight excluding hydrogens is 239 g/mol. The maximum absolute atomic E-state index is 12.9. The van der Waals surface area contributed by atoms with Crippen LogP contribution >= 0.6 is 0 Å². The fraction of sp³-hybridized carbons (Fsp3) is 0.200. The predicted octanol–water partition coefficient (Wildman–Crippen LogP) is 0.906. The van der Waals surface area contributed by atoms with Gasteiger partial charge in [-0.3, -0.25) is 0 Å². The van der Waals surface area contributed by atoms with E-state index in [1.807, 2.05) is 0 Å². The lowest BCUT2D eigenvalue weighted by molar-refractivity contribution is 0.410. The number of pyridine rings is 1. The monoisotopic (exact) mass is 248 g/mol. The highest BCUT2D eigenvalue weighted by Gasteiger charge is 2.04. The standard InChI is InChI=1S/C10H9FN6O/c11-7-1-2-9-14-10(15-17(9)5-7)12-4-3-8-13-6-18-16-8/h1-2,5-6H,3-4H2,(H,12,15). The maximum atomic E-state index is 12.9. The summed E-state index contributed by atoms with van der Waals surface area (Å²) in [6.07, 6.45) is 3.15. The second-order valence-electron chi connectivity index (χ2n) is 3.61. The molecule has 3 aromatic rings. The summed E-state index contributed by atoms with van der Waals surface area (Å²) in [5.41, 5.74) is 0.582. The lowest BCUT2D eigenvalue weighted by Gasteiger charge is -1.96. The van der Waals surface area contributed by atoms with Crippen LogP contribution in [0.3, 0.4) is 0 Å². The Bertz CT molecular complexity index is 649. The van der Waals surface area contributed by atoms with Crippen LogP contribution in [-0.2, 0) is 6.42 Å². The van der Waals surface area contributed by atoms with Crippen LogP contribution < -0.4 is 5.32 Å². The average molecular weight is 248 g/mol. The van der Waals surface area contributed by atoms with Gasteiger partial charge in [0.25, 0.3) is 0 Å². The minimum absolute atomic E-state index is 0.356. The van der Waals surface area contributed by atoms with Crippen LogP contribution in [0.2, 0.25) is 0 Å². The zero-order chi connectivity index (χ0) is 12.4. The molecular formula is C10H9FN6O. The number of nitrogens with zero attached hydrogens (tertiary/aromatic N) is 5. The van der Waals surface area contributed by atoms with Crippen molar-refractivity contribution in [3.63, 3.8) is 0 Å². The number of halogens is 1. The van der Waals surface area contributed by atoms with Crippen molar-refractivity contribution in [3.8, 4) is 0 Å². The first kappa shape index (κ1) is 10.6. The molecule has 0 unspecified atom stereocenters. The molecule has 0 saturated carbocycles. The summed E-state index contributed by atoms with van der Waals surface area (Å²) in [4.78, 5) is 8.07. The molecule has 92 valence electrons. The molecule has 0 radical (unpaired) electrons. The molecule has 18 heavy (non-hydrogen) atoms. The van der Waals surface area contributed by atoms with Gasteiger partial charge >= 0.3 is 0 Å². The summed E-state index contributed by atoms with van der Waals surface area (Å²) < 4.78 is 18.9. The van der Waals surface area contributed by atoms with E-state index in [4.69, 9.17) is 0 Å². The van der Waals surface area contributed by atoms with E-state index in [-0.39, 0.29) is 5.82 Å². The minimum Gasteiger partial charge on any atom is -0.352 e. The molecule has 0 bridgehead atoms. The van der Waals surface area contributed by atoms with Crippen molar-refractivity contribution in [2.75, 3.05) is 11.9 Å². The Morgan fingerprint density at radius 3 is 3.17 bits per heavy atom. The molecule has 0 aliphatic carbocycles. The number of hydrogen-bond donors (Lipinski definition) is 1. The van der Waals surface area contributed by atoms with E-state index in [9.17, 15) is 4.39 Å². The van der Waals surface area contributed by atoms with Gasteiger partial charge in [0.05, 0.1) is 6.20 Å². The SMILES string of the molecule is Fc1ccc2nc(NCCc3ncon3)nn2c1. The van der Waals surface area contributed by atoms with Crippen molar-refractivity contribution >= 4 is 11.6 Å². The number of hydrogen-bond acceptors (Lipinski definition) is 6. The van der Waals surface area contributed by atoms with Gasteiger partial charge in [0.1, 0.15) is 5.82 Å². The van der Waals surface area contributed by atoms with E-state index in [2.05, 4.69) is 30.1 Å². The van der Waals surface area contributed by atoms with Crippen LogP contribution in [0, 0.1) is 5.82 Å². The van der Waals surface area contributed by atoms with Gasteiger partial charge in [0.2, 0.25) is 12.3 Å². The Labute approximate surface area is 101 Å². The van der Waals surface area contributed by atoms with Crippen LogP contribution in [0.15, 0.2) is 29.2 Å². The zero-order valence-electron chi connectivity index (χ0n) is 9.25. The van der Waals surface area contributed by atoms with Gasteiger partial charge in [-0.05, 0) is 12.1 Å². The molecule has 0 amide bonds. The fourth-order valence-electron chi connectivity index (χ4n) is 1.52. The largest absolute Gasteiger partial charge is 0.352 e. The normalized spacial score (nSPS) is 10.9. The lowest BCUT2D eigenvalue weighted by Crippen LogP contribution is -2.07. The summed E-state index contributed by atoms with van der Waals surface area (Å²) in [6.45, 7) is 0.568. The van der Waals surface area contributed by atoms with Gasteiger partial charge in [-0.1, -0.05) is 5.16 Å². The van der Waals surface area contributed by atoms with Gasteiger partial charge in [0, 0.05) is 13.0 Å². The molecule has 0 spiro atoms. The molecule has 0 aliphatic heterocycles. The first-order valence-electron chi connectivity index (χ1n) is 5.32. The number of anilines is 1. The summed E-state index contributed by atoms with van der Waals surface area (Å²) >= 11 is 0. The Kier molecular flexibility index (Phi) is 2.60. The Balaban J connectivity index is 1.67. The van der Waals surface area contributed by atoms with Crippen molar-refractivity contribution in [1.29, 1.82) is 0 Å². The summed E-state index contributed by atoms with van der Waals surface area (Å²) in [6, 6.07) is 2.90. The number of fused-ring (bicyclic) bond motifs is 1. The Morgan fingerprint density at radius 2 is 2.33 bits per heavy atom. The number of rotatable bonds is 4. The van der Waals surface area contributed by atoms with Crippen molar-refractivity contribution in [2.45, 2.75) is 6.42 Å². The van der Waals surface area contributed by atoms with Crippen LogP contribution in [-0.4, -0.2) is 31.3 Å². The third kappa shape index (κ3) is 2.12. The van der Waals surface area contributed by atoms with Crippen molar-refractivity contribution in [3.05, 3.63) is 36.4 Å². The average Bonchev–Trinajstić information content (AvgIpc) is 2.97. The Morgan fingerprint density at radius 1 is 1.39 bits per heavy atom. The highest BCUT2D eigenvalue weighted by Crippen LogP contribution is 2.06. The second-order valence-corrected chi connectivity index (χ2v) is 3.61. The molecule has 0 fully saturated rings. The smallest absolute Gasteiger partial charge is 0.243 e.